The van der Waals surface area contributed by atoms with E-state index in [1.54, 1.807) is 30.3 Å². The van der Waals surface area contributed by atoms with Crippen molar-refractivity contribution in [1.29, 1.82) is 0 Å². The van der Waals surface area contributed by atoms with Gasteiger partial charge in [0.05, 0.1) is 12.2 Å². The topological polar surface area (TPSA) is 50.4 Å². The number of benzene rings is 2. The third-order valence-electron chi connectivity index (χ3n) is 3.11. The quantitative estimate of drug-likeness (QED) is 0.814. The molecule has 0 aromatic heterocycles. The number of hydrogen-bond acceptors (Lipinski definition) is 3. The number of para-hydroxylation sites is 1. The summed E-state index contributed by atoms with van der Waals surface area (Å²) in [7, 11) is 0. The molecule has 120 valence electrons. The summed E-state index contributed by atoms with van der Waals surface area (Å²) in [6.07, 6.45) is 0. The van der Waals surface area contributed by atoms with Crippen LogP contribution in [0.5, 0.6) is 5.75 Å². The van der Waals surface area contributed by atoms with Crippen LogP contribution in [0.25, 0.3) is 0 Å². The van der Waals surface area contributed by atoms with Crippen molar-refractivity contribution in [1.82, 2.24) is 5.32 Å². The van der Waals surface area contributed by atoms with Crippen LogP contribution in [-0.4, -0.2) is 17.6 Å². The van der Waals surface area contributed by atoms with Gasteiger partial charge in [0.25, 0.3) is 5.91 Å². The Morgan fingerprint density at radius 2 is 2.00 bits per heavy atom. The van der Waals surface area contributed by atoms with E-state index in [0.29, 0.717) is 22.9 Å². The van der Waals surface area contributed by atoms with Crippen molar-refractivity contribution in [3.05, 3.63) is 58.6 Å². The Balaban J connectivity index is 2.08. The highest BCUT2D eigenvalue weighted by Crippen LogP contribution is 2.20. The molecule has 0 spiro atoms. The lowest BCUT2D eigenvalue weighted by molar-refractivity contribution is 0.0974. The van der Waals surface area contributed by atoms with Gasteiger partial charge in [-0.15, -0.1) is 0 Å². The van der Waals surface area contributed by atoms with Gasteiger partial charge in [-0.25, -0.2) is 0 Å². The number of nitrogens with one attached hydrogen (secondary N) is 2. The predicted octanol–water partition coefficient (Wildman–Crippen LogP) is 4.17. The first-order valence-electron chi connectivity index (χ1n) is 7.11. The first-order chi connectivity index (χ1) is 11.0. The molecule has 2 rings (SSSR count). The lowest BCUT2D eigenvalue weighted by atomic mass is 10.2. The second-order valence-electron chi connectivity index (χ2n) is 4.80. The second kappa shape index (κ2) is 7.94. The lowest BCUT2D eigenvalue weighted by Gasteiger charge is -2.13. The van der Waals surface area contributed by atoms with Crippen LogP contribution < -0.4 is 15.4 Å². The molecule has 0 bridgehead atoms. The number of aryl methyl sites for hydroxylation is 1. The Morgan fingerprint density at radius 3 is 2.74 bits per heavy atom. The van der Waals surface area contributed by atoms with Gasteiger partial charge in [-0.05, 0) is 55.9 Å². The minimum atomic E-state index is -0.328. The fourth-order valence-corrected chi connectivity index (χ4v) is 2.36. The average molecular weight is 349 g/mol. The molecule has 1 amide bonds. The third kappa shape index (κ3) is 4.68. The number of rotatable bonds is 4. The summed E-state index contributed by atoms with van der Waals surface area (Å²) in [6.45, 7) is 4.27. The maximum atomic E-state index is 12.3. The van der Waals surface area contributed by atoms with Crippen LogP contribution in [-0.2, 0) is 0 Å². The molecule has 0 atom stereocenters. The first-order valence-corrected chi connectivity index (χ1v) is 7.90. The molecule has 6 heteroatoms. The molecule has 4 nitrogen and oxygen atoms in total. The van der Waals surface area contributed by atoms with Gasteiger partial charge in [0.1, 0.15) is 5.75 Å². The molecule has 0 unspecified atom stereocenters. The average Bonchev–Trinajstić information content (AvgIpc) is 2.51. The molecule has 23 heavy (non-hydrogen) atoms. The number of amides is 1. The molecule has 2 aromatic carbocycles. The fourth-order valence-electron chi connectivity index (χ4n) is 1.99. The molecule has 0 radical (unpaired) electrons. The number of carbonyl (C=O) groups is 1. The summed E-state index contributed by atoms with van der Waals surface area (Å²) in [6, 6.07) is 12.4. The Morgan fingerprint density at radius 1 is 1.26 bits per heavy atom. The van der Waals surface area contributed by atoms with Gasteiger partial charge in [-0.2, -0.15) is 0 Å². The van der Waals surface area contributed by atoms with Crippen molar-refractivity contribution >= 4 is 40.5 Å². The summed E-state index contributed by atoms with van der Waals surface area (Å²) in [4.78, 5) is 12.3. The maximum absolute atomic E-state index is 12.3. The fraction of sp³-hybridized carbons (Fsp3) is 0.176. The van der Waals surface area contributed by atoms with E-state index in [1.165, 1.54) is 0 Å². The molecular weight excluding hydrogens is 332 g/mol. The number of ether oxygens (including phenoxy) is 1. The number of halogens is 1. The zero-order chi connectivity index (χ0) is 16.8. The van der Waals surface area contributed by atoms with Crippen molar-refractivity contribution < 1.29 is 9.53 Å². The SMILES string of the molecule is CCOc1ccccc1C(=O)NC(=S)Nc1cc(Cl)ccc1C. The summed E-state index contributed by atoms with van der Waals surface area (Å²) < 4.78 is 5.45. The molecule has 2 aromatic rings. The normalized spacial score (nSPS) is 10.0. The van der Waals surface area contributed by atoms with Gasteiger partial charge in [-0.1, -0.05) is 29.8 Å². The minimum Gasteiger partial charge on any atom is -0.493 e. The van der Waals surface area contributed by atoms with E-state index in [2.05, 4.69) is 10.6 Å². The lowest BCUT2D eigenvalue weighted by Crippen LogP contribution is -2.34. The smallest absolute Gasteiger partial charge is 0.261 e. The zero-order valence-electron chi connectivity index (χ0n) is 12.9. The molecule has 0 aliphatic carbocycles. The Labute approximate surface area is 145 Å². The van der Waals surface area contributed by atoms with Crippen molar-refractivity contribution in [2.75, 3.05) is 11.9 Å². The van der Waals surface area contributed by atoms with Crippen LogP contribution >= 0.6 is 23.8 Å². The van der Waals surface area contributed by atoms with Crippen LogP contribution in [0.3, 0.4) is 0 Å². The molecule has 0 saturated heterocycles. The van der Waals surface area contributed by atoms with Gasteiger partial charge in [-0.3, -0.25) is 10.1 Å². The highest BCUT2D eigenvalue weighted by atomic mass is 35.5. The minimum absolute atomic E-state index is 0.201. The number of hydrogen-bond donors (Lipinski definition) is 2. The first kappa shape index (κ1) is 17.2. The number of thiocarbonyl (C=S) groups is 1. The van der Waals surface area contributed by atoms with E-state index in [1.807, 2.05) is 26.0 Å². The molecular formula is C17H17ClN2O2S. The maximum Gasteiger partial charge on any atom is 0.261 e. The van der Waals surface area contributed by atoms with Gasteiger partial charge < -0.3 is 10.1 Å². The van der Waals surface area contributed by atoms with E-state index < -0.39 is 0 Å². The van der Waals surface area contributed by atoms with Gasteiger partial charge >= 0.3 is 0 Å². The van der Waals surface area contributed by atoms with Crippen LogP contribution in [0.1, 0.15) is 22.8 Å². The van der Waals surface area contributed by atoms with E-state index in [0.717, 1.165) is 11.3 Å². The molecule has 0 saturated carbocycles. The van der Waals surface area contributed by atoms with Crippen LogP contribution in [0.15, 0.2) is 42.5 Å². The summed E-state index contributed by atoms with van der Waals surface area (Å²) in [5.74, 6) is 0.195. The Hall–Kier alpha value is -2.11. The largest absolute Gasteiger partial charge is 0.493 e. The Bertz CT molecular complexity index is 734. The third-order valence-corrected chi connectivity index (χ3v) is 3.55. The second-order valence-corrected chi connectivity index (χ2v) is 5.64. The van der Waals surface area contributed by atoms with Gasteiger partial charge in [0.15, 0.2) is 5.11 Å². The van der Waals surface area contributed by atoms with Crippen LogP contribution in [0.2, 0.25) is 5.02 Å². The van der Waals surface area contributed by atoms with E-state index in [9.17, 15) is 4.79 Å². The Kier molecular flexibility index (Phi) is 5.96. The van der Waals surface area contributed by atoms with Crippen molar-refractivity contribution in [3.8, 4) is 5.75 Å². The standard InChI is InChI=1S/C17H17ClN2O2S/c1-3-22-15-7-5-4-6-13(15)16(21)20-17(23)19-14-10-12(18)9-8-11(14)2/h4-10H,3H2,1-2H3,(H2,19,20,21,23). The summed E-state index contributed by atoms with van der Waals surface area (Å²) in [5, 5.41) is 6.42. The molecule has 0 aliphatic heterocycles. The highest BCUT2D eigenvalue weighted by Gasteiger charge is 2.13. The van der Waals surface area contributed by atoms with Gasteiger partial charge in [0.2, 0.25) is 0 Å². The molecule has 0 aliphatic rings. The predicted molar refractivity (Wildman–Crippen MR) is 97.5 cm³/mol. The number of anilines is 1. The van der Waals surface area contributed by atoms with E-state index in [-0.39, 0.29) is 11.0 Å². The van der Waals surface area contributed by atoms with Crippen LogP contribution in [0, 0.1) is 6.92 Å². The van der Waals surface area contributed by atoms with Crippen LogP contribution in [0.4, 0.5) is 5.69 Å². The van der Waals surface area contributed by atoms with E-state index >= 15 is 0 Å². The highest BCUT2D eigenvalue weighted by molar-refractivity contribution is 7.80. The number of carbonyl (C=O) groups excluding carboxylic acids is 1. The molecule has 2 N–H and O–H groups in total. The van der Waals surface area contributed by atoms with Crippen molar-refractivity contribution in [2.24, 2.45) is 0 Å². The summed E-state index contributed by atoms with van der Waals surface area (Å²) >= 11 is 11.2. The molecule has 0 heterocycles. The van der Waals surface area contributed by atoms with E-state index in [4.69, 9.17) is 28.6 Å². The summed E-state index contributed by atoms with van der Waals surface area (Å²) in [5.41, 5.74) is 2.16. The van der Waals surface area contributed by atoms with Gasteiger partial charge in [0, 0.05) is 10.7 Å². The monoisotopic (exact) mass is 348 g/mol. The van der Waals surface area contributed by atoms with Crippen molar-refractivity contribution in [2.45, 2.75) is 13.8 Å². The van der Waals surface area contributed by atoms with Crippen molar-refractivity contribution in [3.63, 3.8) is 0 Å². The molecule has 0 fully saturated rings. The zero-order valence-corrected chi connectivity index (χ0v) is 14.4.